The van der Waals surface area contributed by atoms with E-state index in [1.165, 1.54) is 0 Å². The molecule has 0 aromatic heterocycles. The molecule has 118 valence electrons. The van der Waals surface area contributed by atoms with E-state index < -0.39 is 0 Å². The van der Waals surface area contributed by atoms with Gasteiger partial charge in [0.2, 0.25) is 0 Å². The van der Waals surface area contributed by atoms with Gasteiger partial charge in [-0.05, 0) is 36.2 Å². The van der Waals surface area contributed by atoms with Crippen molar-refractivity contribution in [2.75, 3.05) is 13.2 Å². The maximum absolute atomic E-state index is 12.0. The van der Waals surface area contributed by atoms with Crippen LogP contribution in [0.15, 0.2) is 48.5 Å². The second-order valence-electron chi connectivity index (χ2n) is 4.93. The molecule has 1 amide bonds. The van der Waals surface area contributed by atoms with Gasteiger partial charge in [0.15, 0.2) is 0 Å². The highest BCUT2D eigenvalue weighted by molar-refractivity contribution is 5.94. The number of benzene rings is 2. The Kier molecular flexibility index (Phi) is 6.16. The van der Waals surface area contributed by atoms with E-state index in [1.54, 1.807) is 42.5 Å². The first kappa shape index (κ1) is 16.5. The van der Waals surface area contributed by atoms with Crippen LogP contribution in [0.4, 0.5) is 0 Å². The van der Waals surface area contributed by atoms with Gasteiger partial charge in [0.05, 0.1) is 5.56 Å². The standard InChI is InChI=1S/C18H18N2O3/c19-12-16-6-1-2-8-17(16)23-13-14-5-3-7-15(11-14)18(22)20-9-4-10-21/h1-3,5-8,11,21H,4,9-10,13H2,(H,20,22). The summed E-state index contributed by atoms with van der Waals surface area (Å²) >= 11 is 0. The first-order chi connectivity index (χ1) is 11.2. The summed E-state index contributed by atoms with van der Waals surface area (Å²) in [6.45, 7) is 0.758. The molecule has 5 heteroatoms. The van der Waals surface area contributed by atoms with Gasteiger partial charge in [0, 0.05) is 18.7 Å². The predicted octanol–water partition coefficient (Wildman–Crippen LogP) is 2.25. The molecule has 0 atom stereocenters. The summed E-state index contributed by atoms with van der Waals surface area (Å²) in [5, 5.41) is 20.5. The predicted molar refractivity (Wildman–Crippen MR) is 86.0 cm³/mol. The maximum atomic E-state index is 12.0. The van der Waals surface area contributed by atoms with Crippen LogP contribution in [0.5, 0.6) is 5.75 Å². The number of aliphatic hydroxyl groups excluding tert-OH is 1. The number of nitriles is 1. The number of ether oxygens (including phenoxy) is 1. The van der Waals surface area contributed by atoms with Gasteiger partial charge in [-0.15, -0.1) is 0 Å². The van der Waals surface area contributed by atoms with Crippen molar-refractivity contribution in [3.8, 4) is 11.8 Å². The number of carbonyl (C=O) groups excluding carboxylic acids is 1. The van der Waals surface area contributed by atoms with Crippen molar-refractivity contribution in [2.24, 2.45) is 0 Å². The SMILES string of the molecule is N#Cc1ccccc1OCc1cccc(C(=O)NCCCO)c1. The van der Waals surface area contributed by atoms with Gasteiger partial charge < -0.3 is 15.2 Å². The van der Waals surface area contributed by atoms with Crippen LogP contribution >= 0.6 is 0 Å². The van der Waals surface area contributed by atoms with Crippen LogP contribution in [0, 0.1) is 11.3 Å². The molecule has 0 spiro atoms. The minimum atomic E-state index is -0.183. The van der Waals surface area contributed by atoms with E-state index in [4.69, 9.17) is 15.1 Å². The average Bonchev–Trinajstić information content (AvgIpc) is 2.60. The molecule has 0 aliphatic heterocycles. The van der Waals surface area contributed by atoms with E-state index in [1.807, 2.05) is 6.07 Å². The lowest BCUT2D eigenvalue weighted by atomic mass is 10.1. The highest BCUT2D eigenvalue weighted by atomic mass is 16.5. The monoisotopic (exact) mass is 310 g/mol. The van der Waals surface area contributed by atoms with E-state index in [0.29, 0.717) is 29.8 Å². The van der Waals surface area contributed by atoms with Crippen LogP contribution in [0.1, 0.15) is 27.9 Å². The molecule has 2 aromatic carbocycles. The summed E-state index contributed by atoms with van der Waals surface area (Å²) in [7, 11) is 0. The Morgan fingerprint density at radius 2 is 2.04 bits per heavy atom. The Morgan fingerprint density at radius 3 is 2.83 bits per heavy atom. The Morgan fingerprint density at radius 1 is 1.22 bits per heavy atom. The van der Waals surface area contributed by atoms with Crippen LogP contribution in [-0.2, 0) is 6.61 Å². The van der Waals surface area contributed by atoms with E-state index in [-0.39, 0.29) is 19.1 Å². The fourth-order valence-electron chi connectivity index (χ4n) is 2.03. The van der Waals surface area contributed by atoms with E-state index in [2.05, 4.69) is 11.4 Å². The smallest absolute Gasteiger partial charge is 0.251 e. The highest BCUT2D eigenvalue weighted by Gasteiger charge is 2.07. The van der Waals surface area contributed by atoms with Crippen molar-refractivity contribution >= 4 is 5.91 Å². The van der Waals surface area contributed by atoms with Gasteiger partial charge in [0.1, 0.15) is 18.4 Å². The number of para-hydroxylation sites is 1. The molecule has 0 aliphatic rings. The zero-order valence-corrected chi connectivity index (χ0v) is 12.7. The van der Waals surface area contributed by atoms with Gasteiger partial charge in [0.25, 0.3) is 5.91 Å². The minimum absolute atomic E-state index is 0.0481. The molecule has 2 aromatic rings. The third-order valence-corrected chi connectivity index (χ3v) is 3.21. The highest BCUT2D eigenvalue weighted by Crippen LogP contribution is 2.18. The lowest BCUT2D eigenvalue weighted by molar-refractivity contribution is 0.0951. The largest absolute Gasteiger partial charge is 0.488 e. The van der Waals surface area contributed by atoms with Gasteiger partial charge in [-0.3, -0.25) is 4.79 Å². The first-order valence-electron chi connectivity index (χ1n) is 7.34. The summed E-state index contributed by atoms with van der Waals surface area (Å²) in [5.74, 6) is 0.338. The topological polar surface area (TPSA) is 82.3 Å². The molecule has 5 nitrogen and oxygen atoms in total. The molecule has 0 bridgehead atoms. The molecular weight excluding hydrogens is 292 g/mol. The van der Waals surface area contributed by atoms with Crippen molar-refractivity contribution in [3.63, 3.8) is 0 Å². The second-order valence-corrected chi connectivity index (χ2v) is 4.93. The third kappa shape index (κ3) is 4.83. The van der Waals surface area contributed by atoms with Gasteiger partial charge in [-0.2, -0.15) is 5.26 Å². The van der Waals surface area contributed by atoms with Crippen LogP contribution in [0.3, 0.4) is 0 Å². The number of rotatable bonds is 7. The number of hydrogen-bond acceptors (Lipinski definition) is 4. The van der Waals surface area contributed by atoms with Crippen molar-refractivity contribution in [3.05, 3.63) is 65.2 Å². The summed E-state index contributed by atoms with van der Waals surface area (Å²) < 4.78 is 5.66. The van der Waals surface area contributed by atoms with E-state index in [0.717, 1.165) is 5.56 Å². The quantitative estimate of drug-likeness (QED) is 0.768. The molecule has 2 N–H and O–H groups in total. The molecule has 2 rings (SSSR count). The Balaban J connectivity index is 2.00. The molecule has 0 saturated heterocycles. The van der Waals surface area contributed by atoms with Gasteiger partial charge >= 0.3 is 0 Å². The number of aliphatic hydroxyl groups is 1. The third-order valence-electron chi connectivity index (χ3n) is 3.21. The Bertz CT molecular complexity index is 707. The molecule has 0 heterocycles. The van der Waals surface area contributed by atoms with Crippen molar-refractivity contribution < 1.29 is 14.6 Å². The molecule has 0 unspecified atom stereocenters. The van der Waals surface area contributed by atoms with Crippen LogP contribution in [0.25, 0.3) is 0 Å². The second kappa shape index (κ2) is 8.57. The lowest BCUT2D eigenvalue weighted by Crippen LogP contribution is -2.25. The van der Waals surface area contributed by atoms with Gasteiger partial charge in [-0.1, -0.05) is 24.3 Å². The number of nitrogens with zero attached hydrogens (tertiary/aromatic N) is 1. The van der Waals surface area contributed by atoms with E-state index in [9.17, 15) is 4.79 Å². The number of nitrogens with one attached hydrogen (secondary N) is 1. The minimum Gasteiger partial charge on any atom is -0.488 e. The van der Waals surface area contributed by atoms with Crippen molar-refractivity contribution in [1.29, 1.82) is 5.26 Å². The van der Waals surface area contributed by atoms with Crippen LogP contribution in [-0.4, -0.2) is 24.2 Å². The molecule has 0 fully saturated rings. The van der Waals surface area contributed by atoms with Crippen molar-refractivity contribution in [1.82, 2.24) is 5.32 Å². The molecule has 0 radical (unpaired) electrons. The summed E-state index contributed by atoms with van der Waals surface area (Å²) in [6, 6.07) is 16.2. The fraction of sp³-hybridized carbons (Fsp3) is 0.222. The average molecular weight is 310 g/mol. The van der Waals surface area contributed by atoms with Crippen LogP contribution < -0.4 is 10.1 Å². The van der Waals surface area contributed by atoms with Crippen molar-refractivity contribution in [2.45, 2.75) is 13.0 Å². The first-order valence-corrected chi connectivity index (χ1v) is 7.34. The molecule has 0 saturated carbocycles. The summed E-state index contributed by atoms with van der Waals surface area (Å²) in [5.41, 5.74) is 1.86. The zero-order valence-electron chi connectivity index (χ0n) is 12.7. The number of carbonyl (C=O) groups is 1. The molecule has 0 aliphatic carbocycles. The Labute approximate surface area is 135 Å². The number of amides is 1. The maximum Gasteiger partial charge on any atom is 0.251 e. The Hall–Kier alpha value is -2.84. The zero-order chi connectivity index (χ0) is 16.5. The van der Waals surface area contributed by atoms with Gasteiger partial charge in [-0.25, -0.2) is 0 Å². The summed E-state index contributed by atoms with van der Waals surface area (Å²) in [6.07, 6.45) is 0.527. The van der Waals surface area contributed by atoms with Crippen LogP contribution in [0.2, 0.25) is 0 Å². The lowest BCUT2D eigenvalue weighted by Gasteiger charge is -2.09. The number of hydrogen-bond donors (Lipinski definition) is 2. The molecular formula is C18H18N2O3. The fourth-order valence-corrected chi connectivity index (χ4v) is 2.03. The summed E-state index contributed by atoms with van der Waals surface area (Å²) in [4.78, 5) is 12.0. The normalized spacial score (nSPS) is 9.91. The van der Waals surface area contributed by atoms with E-state index >= 15 is 0 Å². The molecule has 23 heavy (non-hydrogen) atoms.